The van der Waals surface area contributed by atoms with E-state index in [2.05, 4.69) is 26.0 Å². The first kappa shape index (κ1) is 14.7. The Labute approximate surface area is 126 Å². The summed E-state index contributed by atoms with van der Waals surface area (Å²) in [6.45, 7) is 4.26. The Morgan fingerprint density at radius 2 is 2.05 bits per heavy atom. The maximum Gasteiger partial charge on any atom is 0.163 e. The molecule has 1 aromatic carbocycles. The Morgan fingerprint density at radius 3 is 2.65 bits per heavy atom. The minimum absolute atomic E-state index is 0.0557. The maximum absolute atomic E-state index is 12.2. The normalized spacial score (nSPS) is 11.3. The van der Waals surface area contributed by atoms with Crippen molar-refractivity contribution in [2.75, 3.05) is 6.61 Å². The largest absolute Gasteiger partial charge is 0.493 e. The van der Waals surface area contributed by atoms with Gasteiger partial charge in [-0.25, -0.2) is 9.67 Å². The van der Waals surface area contributed by atoms with Crippen molar-refractivity contribution in [2.24, 2.45) is 5.41 Å². The highest BCUT2D eigenvalue weighted by atomic mass is 79.9. The van der Waals surface area contributed by atoms with Gasteiger partial charge in [-0.1, -0.05) is 15.9 Å². The summed E-state index contributed by atoms with van der Waals surface area (Å²) in [7, 11) is 0. The van der Waals surface area contributed by atoms with Gasteiger partial charge in [0.15, 0.2) is 5.78 Å². The molecule has 0 saturated carbocycles. The fourth-order valence-electron chi connectivity index (χ4n) is 1.55. The molecule has 2 rings (SSSR count). The molecule has 0 radical (unpaired) electrons. The molecular formula is C14H16BrN3O2. The van der Waals surface area contributed by atoms with E-state index < -0.39 is 5.41 Å². The lowest BCUT2D eigenvalue weighted by atomic mass is 9.89. The number of halogens is 1. The fraction of sp³-hybridized carbons (Fsp3) is 0.357. The number of Topliss-reactive ketones (excluding diaryl/α,β-unsaturated/α-hetero) is 1. The summed E-state index contributed by atoms with van der Waals surface area (Å²) in [4.78, 5) is 16.1. The van der Waals surface area contributed by atoms with Crippen LogP contribution in [-0.4, -0.2) is 27.2 Å². The van der Waals surface area contributed by atoms with Crippen LogP contribution in [0.15, 0.2) is 41.4 Å². The number of rotatable bonds is 6. The minimum atomic E-state index is -0.584. The van der Waals surface area contributed by atoms with E-state index in [0.717, 1.165) is 10.2 Å². The SMILES string of the molecule is CC(C)(COc1ccc(Br)cc1)C(=O)Cn1cncn1. The van der Waals surface area contributed by atoms with Gasteiger partial charge in [0.25, 0.3) is 0 Å². The quantitative estimate of drug-likeness (QED) is 0.813. The molecule has 20 heavy (non-hydrogen) atoms. The van der Waals surface area contributed by atoms with Gasteiger partial charge in [-0.3, -0.25) is 4.79 Å². The van der Waals surface area contributed by atoms with Gasteiger partial charge in [0, 0.05) is 4.47 Å². The highest BCUT2D eigenvalue weighted by Crippen LogP contribution is 2.22. The molecule has 0 N–H and O–H groups in total. The van der Waals surface area contributed by atoms with Gasteiger partial charge in [-0.05, 0) is 38.1 Å². The Hall–Kier alpha value is -1.69. The molecule has 1 aromatic heterocycles. The van der Waals surface area contributed by atoms with Gasteiger partial charge in [-0.2, -0.15) is 5.10 Å². The van der Waals surface area contributed by atoms with Gasteiger partial charge in [-0.15, -0.1) is 0 Å². The van der Waals surface area contributed by atoms with E-state index in [0.29, 0.717) is 6.61 Å². The zero-order chi connectivity index (χ0) is 14.6. The number of ketones is 1. The zero-order valence-electron chi connectivity index (χ0n) is 11.4. The van der Waals surface area contributed by atoms with E-state index in [1.165, 1.54) is 17.3 Å². The molecule has 106 valence electrons. The third kappa shape index (κ3) is 3.90. The number of ether oxygens (including phenoxy) is 1. The zero-order valence-corrected chi connectivity index (χ0v) is 13.0. The number of nitrogens with zero attached hydrogens (tertiary/aromatic N) is 3. The van der Waals surface area contributed by atoms with Crippen LogP contribution in [0.2, 0.25) is 0 Å². The van der Waals surface area contributed by atoms with Crippen molar-refractivity contribution in [3.05, 3.63) is 41.4 Å². The van der Waals surface area contributed by atoms with Crippen LogP contribution < -0.4 is 4.74 Å². The lowest BCUT2D eigenvalue weighted by Gasteiger charge is -2.23. The highest BCUT2D eigenvalue weighted by Gasteiger charge is 2.28. The van der Waals surface area contributed by atoms with Crippen LogP contribution in [0.25, 0.3) is 0 Å². The van der Waals surface area contributed by atoms with Crippen molar-refractivity contribution in [1.82, 2.24) is 14.8 Å². The Kier molecular flexibility index (Phi) is 4.54. The lowest BCUT2D eigenvalue weighted by molar-refractivity contribution is -0.129. The van der Waals surface area contributed by atoms with E-state index in [1.54, 1.807) is 0 Å². The Balaban J connectivity index is 1.92. The molecular weight excluding hydrogens is 322 g/mol. The average Bonchev–Trinajstić information content (AvgIpc) is 2.91. The van der Waals surface area contributed by atoms with Crippen LogP contribution in [0, 0.1) is 5.41 Å². The van der Waals surface area contributed by atoms with E-state index >= 15 is 0 Å². The van der Waals surface area contributed by atoms with Crippen LogP contribution in [0.3, 0.4) is 0 Å². The standard InChI is InChI=1S/C14H16BrN3O2/c1-14(2,13(19)7-18-10-16-9-17-18)8-20-12-5-3-11(15)4-6-12/h3-6,9-10H,7-8H2,1-2H3. The molecule has 0 spiro atoms. The summed E-state index contributed by atoms with van der Waals surface area (Å²) in [5, 5.41) is 3.94. The molecule has 0 unspecified atom stereocenters. The fourth-order valence-corrected chi connectivity index (χ4v) is 1.81. The first-order chi connectivity index (χ1) is 9.47. The Bertz CT molecular complexity index is 565. The van der Waals surface area contributed by atoms with Crippen molar-refractivity contribution in [3.8, 4) is 5.75 Å². The van der Waals surface area contributed by atoms with E-state index in [1.807, 2.05) is 38.1 Å². The molecule has 0 aliphatic carbocycles. The van der Waals surface area contributed by atoms with Crippen LogP contribution >= 0.6 is 15.9 Å². The molecule has 0 aliphatic heterocycles. The van der Waals surface area contributed by atoms with Gasteiger partial charge in [0.1, 0.15) is 31.6 Å². The maximum atomic E-state index is 12.2. The second kappa shape index (κ2) is 6.17. The van der Waals surface area contributed by atoms with Crippen LogP contribution in [0.5, 0.6) is 5.75 Å². The van der Waals surface area contributed by atoms with E-state index in [4.69, 9.17) is 4.74 Å². The number of carbonyl (C=O) groups is 1. The van der Waals surface area contributed by atoms with Crippen molar-refractivity contribution in [1.29, 1.82) is 0 Å². The van der Waals surface area contributed by atoms with E-state index in [9.17, 15) is 4.79 Å². The molecule has 5 nitrogen and oxygen atoms in total. The average molecular weight is 338 g/mol. The molecule has 1 heterocycles. The van der Waals surface area contributed by atoms with Crippen LogP contribution in [0.4, 0.5) is 0 Å². The molecule has 0 aliphatic rings. The summed E-state index contributed by atoms with van der Waals surface area (Å²) in [5.74, 6) is 0.801. The van der Waals surface area contributed by atoms with Crippen LogP contribution in [0.1, 0.15) is 13.8 Å². The number of hydrogen-bond acceptors (Lipinski definition) is 4. The van der Waals surface area contributed by atoms with E-state index in [-0.39, 0.29) is 12.3 Å². The summed E-state index contributed by atoms with van der Waals surface area (Å²) in [6.07, 6.45) is 2.95. The van der Waals surface area contributed by atoms with Crippen molar-refractivity contribution in [2.45, 2.75) is 20.4 Å². The predicted molar refractivity (Wildman–Crippen MR) is 78.4 cm³/mol. The van der Waals surface area contributed by atoms with Gasteiger partial charge >= 0.3 is 0 Å². The third-order valence-corrected chi connectivity index (χ3v) is 3.47. The predicted octanol–water partition coefficient (Wildman–Crippen LogP) is 2.71. The minimum Gasteiger partial charge on any atom is -0.493 e. The molecule has 0 amide bonds. The monoisotopic (exact) mass is 337 g/mol. The third-order valence-electron chi connectivity index (χ3n) is 2.94. The number of hydrogen-bond donors (Lipinski definition) is 0. The van der Waals surface area contributed by atoms with Crippen molar-refractivity contribution in [3.63, 3.8) is 0 Å². The van der Waals surface area contributed by atoms with Crippen molar-refractivity contribution >= 4 is 21.7 Å². The number of carbonyl (C=O) groups excluding carboxylic acids is 1. The summed E-state index contributed by atoms with van der Waals surface area (Å²) in [5.41, 5.74) is -0.584. The molecule has 2 aromatic rings. The van der Waals surface area contributed by atoms with Crippen molar-refractivity contribution < 1.29 is 9.53 Å². The topological polar surface area (TPSA) is 57.0 Å². The van der Waals surface area contributed by atoms with Crippen LogP contribution in [-0.2, 0) is 11.3 Å². The molecule has 0 atom stereocenters. The first-order valence-corrected chi connectivity index (χ1v) is 7.01. The van der Waals surface area contributed by atoms with Gasteiger partial charge in [0.2, 0.25) is 0 Å². The number of aromatic nitrogens is 3. The molecule has 0 fully saturated rings. The molecule has 0 saturated heterocycles. The smallest absolute Gasteiger partial charge is 0.163 e. The van der Waals surface area contributed by atoms with Gasteiger partial charge in [0.05, 0.1) is 5.41 Å². The molecule has 0 bridgehead atoms. The Morgan fingerprint density at radius 1 is 1.35 bits per heavy atom. The summed E-state index contributed by atoms with van der Waals surface area (Å²) >= 11 is 3.37. The first-order valence-electron chi connectivity index (χ1n) is 6.21. The summed E-state index contributed by atoms with van der Waals surface area (Å²) < 4.78 is 8.19. The lowest BCUT2D eigenvalue weighted by Crippen LogP contribution is -2.34. The highest BCUT2D eigenvalue weighted by molar-refractivity contribution is 9.10. The summed E-state index contributed by atoms with van der Waals surface area (Å²) in [6, 6.07) is 7.53. The second-order valence-corrected chi connectivity index (χ2v) is 6.06. The second-order valence-electron chi connectivity index (χ2n) is 5.14. The number of benzene rings is 1. The molecule has 6 heteroatoms. The van der Waals surface area contributed by atoms with Gasteiger partial charge < -0.3 is 4.74 Å².